The van der Waals surface area contributed by atoms with Gasteiger partial charge in [-0.25, -0.2) is 0 Å². The summed E-state index contributed by atoms with van der Waals surface area (Å²) in [6.45, 7) is 5.92. The third-order valence-corrected chi connectivity index (χ3v) is 5.43. The van der Waals surface area contributed by atoms with E-state index in [9.17, 15) is 19.7 Å². The summed E-state index contributed by atoms with van der Waals surface area (Å²) >= 11 is 0. The lowest BCUT2D eigenvalue weighted by atomic mass is 9.98. The predicted molar refractivity (Wildman–Crippen MR) is 109 cm³/mol. The van der Waals surface area contributed by atoms with Crippen LogP contribution in [0.25, 0.3) is 0 Å². The van der Waals surface area contributed by atoms with E-state index < -0.39 is 16.8 Å². The topological polar surface area (TPSA) is 89.8 Å². The average Bonchev–Trinajstić information content (AvgIpc) is 3.10. The van der Waals surface area contributed by atoms with Crippen LogP contribution in [0.1, 0.15) is 43.7 Å². The highest BCUT2D eigenvalue weighted by atomic mass is 16.6. The van der Waals surface area contributed by atoms with Crippen molar-refractivity contribution in [2.75, 3.05) is 11.4 Å². The maximum atomic E-state index is 12.7. The SMILES string of the molecule is CC[C@@H](C)c1ccccc1OC(=O)[C@@H]1CC(=O)N(c2ccc(C)c([N+](=O)[O-])c2)C1. The number of rotatable bonds is 6. The van der Waals surface area contributed by atoms with E-state index in [2.05, 4.69) is 13.8 Å². The molecule has 1 heterocycles. The van der Waals surface area contributed by atoms with Gasteiger partial charge in [0.15, 0.2) is 0 Å². The second-order valence-electron chi connectivity index (χ2n) is 7.40. The van der Waals surface area contributed by atoms with E-state index in [-0.39, 0.29) is 30.5 Å². The van der Waals surface area contributed by atoms with Gasteiger partial charge in [-0.2, -0.15) is 0 Å². The zero-order valence-electron chi connectivity index (χ0n) is 16.8. The second kappa shape index (κ2) is 8.43. The minimum absolute atomic E-state index is 0.0198. The number of anilines is 1. The first-order valence-electron chi connectivity index (χ1n) is 9.67. The van der Waals surface area contributed by atoms with Gasteiger partial charge in [0.25, 0.3) is 5.69 Å². The van der Waals surface area contributed by atoms with E-state index in [0.29, 0.717) is 17.0 Å². The van der Waals surface area contributed by atoms with Crippen molar-refractivity contribution in [3.63, 3.8) is 0 Å². The summed E-state index contributed by atoms with van der Waals surface area (Å²) in [5.41, 5.74) is 1.84. The fourth-order valence-electron chi connectivity index (χ4n) is 3.47. The van der Waals surface area contributed by atoms with Crippen LogP contribution < -0.4 is 9.64 Å². The van der Waals surface area contributed by atoms with Gasteiger partial charge in [-0.1, -0.05) is 38.1 Å². The largest absolute Gasteiger partial charge is 0.426 e. The Kier molecular flexibility index (Phi) is 5.96. The standard InChI is InChI=1S/C22H24N2O5/c1-4-14(2)18-7-5-6-8-20(18)29-22(26)16-11-21(25)23(13-16)17-10-9-15(3)19(12-17)24(27)28/h5-10,12,14,16H,4,11,13H2,1-3H3/t14-,16-/m1/s1. The molecule has 2 atom stereocenters. The number of nitro groups is 1. The summed E-state index contributed by atoms with van der Waals surface area (Å²) in [5, 5.41) is 11.2. The van der Waals surface area contributed by atoms with E-state index >= 15 is 0 Å². The quantitative estimate of drug-likeness (QED) is 0.313. The summed E-state index contributed by atoms with van der Waals surface area (Å²) in [4.78, 5) is 37.3. The number of para-hydroxylation sites is 1. The zero-order valence-corrected chi connectivity index (χ0v) is 16.8. The molecule has 1 aliphatic heterocycles. The maximum Gasteiger partial charge on any atom is 0.316 e. The Hall–Kier alpha value is -3.22. The molecule has 1 aliphatic rings. The first kappa shape index (κ1) is 20.5. The fraction of sp³-hybridized carbons (Fsp3) is 0.364. The minimum Gasteiger partial charge on any atom is -0.426 e. The summed E-state index contributed by atoms with van der Waals surface area (Å²) < 4.78 is 5.64. The summed E-state index contributed by atoms with van der Waals surface area (Å²) in [7, 11) is 0. The molecule has 2 aromatic rings. The lowest BCUT2D eigenvalue weighted by Crippen LogP contribution is -2.27. The van der Waals surface area contributed by atoms with Gasteiger partial charge >= 0.3 is 5.97 Å². The summed E-state index contributed by atoms with van der Waals surface area (Å²) in [6, 6.07) is 12.1. The lowest BCUT2D eigenvalue weighted by molar-refractivity contribution is -0.385. The molecule has 7 nitrogen and oxygen atoms in total. The van der Waals surface area contributed by atoms with Crippen molar-refractivity contribution in [3.8, 4) is 5.75 Å². The Bertz CT molecular complexity index is 956. The molecule has 3 rings (SSSR count). The number of hydrogen-bond donors (Lipinski definition) is 0. The molecule has 29 heavy (non-hydrogen) atoms. The third kappa shape index (κ3) is 4.29. The van der Waals surface area contributed by atoms with Crippen molar-refractivity contribution in [3.05, 3.63) is 63.7 Å². The molecule has 1 saturated heterocycles. The van der Waals surface area contributed by atoms with Crippen LogP contribution in [0, 0.1) is 23.0 Å². The Balaban J connectivity index is 1.77. The maximum absolute atomic E-state index is 12.7. The molecule has 0 unspecified atom stereocenters. The molecular weight excluding hydrogens is 372 g/mol. The van der Waals surface area contributed by atoms with Crippen LogP contribution >= 0.6 is 0 Å². The number of hydrogen-bond acceptors (Lipinski definition) is 5. The van der Waals surface area contributed by atoms with Gasteiger partial charge in [0, 0.05) is 24.6 Å². The number of carbonyl (C=O) groups is 2. The molecule has 2 aromatic carbocycles. The predicted octanol–water partition coefficient (Wildman–Crippen LogP) is 4.38. The van der Waals surface area contributed by atoms with Gasteiger partial charge in [0.2, 0.25) is 5.91 Å². The highest BCUT2D eigenvalue weighted by Gasteiger charge is 2.37. The number of nitro benzene ring substituents is 1. The van der Waals surface area contributed by atoms with Crippen LogP contribution in [-0.4, -0.2) is 23.3 Å². The van der Waals surface area contributed by atoms with Crippen LogP contribution in [0.2, 0.25) is 0 Å². The van der Waals surface area contributed by atoms with Crippen LogP contribution in [0.5, 0.6) is 5.75 Å². The van der Waals surface area contributed by atoms with Crippen molar-refractivity contribution in [1.29, 1.82) is 0 Å². The van der Waals surface area contributed by atoms with E-state index in [0.717, 1.165) is 12.0 Å². The molecule has 0 spiro atoms. The molecule has 0 saturated carbocycles. The van der Waals surface area contributed by atoms with Crippen LogP contribution in [-0.2, 0) is 9.59 Å². The number of ether oxygens (including phenoxy) is 1. The monoisotopic (exact) mass is 396 g/mol. The highest BCUT2D eigenvalue weighted by Crippen LogP contribution is 2.32. The first-order chi connectivity index (χ1) is 13.8. The molecule has 0 aromatic heterocycles. The lowest BCUT2D eigenvalue weighted by Gasteiger charge is -2.18. The summed E-state index contributed by atoms with van der Waals surface area (Å²) in [6.07, 6.45) is 0.933. The number of carbonyl (C=O) groups excluding carboxylic acids is 2. The van der Waals surface area contributed by atoms with Crippen molar-refractivity contribution in [2.24, 2.45) is 5.92 Å². The van der Waals surface area contributed by atoms with Gasteiger partial charge in [-0.15, -0.1) is 0 Å². The van der Waals surface area contributed by atoms with Crippen molar-refractivity contribution in [2.45, 2.75) is 39.5 Å². The molecule has 152 valence electrons. The normalized spacial score (nSPS) is 17.3. The van der Waals surface area contributed by atoms with Crippen molar-refractivity contribution < 1.29 is 19.2 Å². The molecule has 7 heteroatoms. The van der Waals surface area contributed by atoms with E-state index in [1.54, 1.807) is 25.1 Å². The summed E-state index contributed by atoms with van der Waals surface area (Å²) in [5.74, 6) is -0.566. The molecule has 1 amide bonds. The van der Waals surface area contributed by atoms with Crippen LogP contribution in [0.4, 0.5) is 11.4 Å². The number of nitrogens with zero attached hydrogens (tertiary/aromatic N) is 2. The van der Waals surface area contributed by atoms with E-state index in [4.69, 9.17) is 4.74 Å². The van der Waals surface area contributed by atoms with Gasteiger partial charge in [-0.3, -0.25) is 19.7 Å². The third-order valence-electron chi connectivity index (χ3n) is 5.43. The van der Waals surface area contributed by atoms with E-state index in [1.165, 1.54) is 11.0 Å². The Labute approximate surface area is 169 Å². The van der Waals surface area contributed by atoms with Crippen molar-refractivity contribution >= 4 is 23.3 Å². The number of aryl methyl sites for hydroxylation is 1. The van der Waals surface area contributed by atoms with Gasteiger partial charge in [0.1, 0.15) is 5.75 Å². The Morgan fingerprint density at radius 2 is 2.03 bits per heavy atom. The van der Waals surface area contributed by atoms with Crippen LogP contribution in [0.3, 0.4) is 0 Å². The van der Waals surface area contributed by atoms with Gasteiger partial charge in [-0.05, 0) is 37.0 Å². The second-order valence-corrected chi connectivity index (χ2v) is 7.40. The molecule has 0 N–H and O–H groups in total. The van der Waals surface area contributed by atoms with Crippen molar-refractivity contribution in [1.82, 2.24) is 0 Å². The number of esters is 1. The minimum atomic E-state index is -0.618. The molecule has 0 aliphatic carbocycles. The van der Waals surface area contributed by atoms with Gasteiger partial charge in [0.05, 0.1) is 16.5 Å². The average molecular weight is 396 g/mol. The fourth-order valence-corrected chi connectivity index (χ4v) is 3.47. The molecular formula is C22H24N2O5. The van der Waals surface area contributed by atoms with Crippen LogP contribution in [0.15, 0.2) is 42.5 Å². The zero-order chi connectivity index (χ0) is 21.1. The molecule has 1 fully saturated rings. The first-order valence-corrected chi connectivity index (χ1v) is 9.67. The number of amides is 1. The van der Waals surface area contributed by atoms with E-state index in [1.807, 2.05) is 18.2 Å². The number of benzene rings is 2. The highest BCUT2D eigenvalue weighted by molar-refractivity contribution is 6.00. The smallest absolute Gasteiger partial charge is 0.316 e. The molecule has 0 bridgehead atoms. The Morgan fingerprint density at radius 3 is 2.72 bits per heavy atom. The van der Waals surface area contributed by atoms with Gasteiger partial charge < -0.3 is 9.64 Å². The Morgan fingerprint density at radius 1 is 1.31 bits per heavy atom. The molecule has 0 radical (unpaired) electrons.